The predicted molar refractivity (Wildman–Crippen MR) is 72.4 cm³/mol. The largest absolute Gasteiger partial charge is 0.481 e. The van der Waals surface area contributed by atoms with Crippen LogP contribution in [0.1, 0.15) is 31.9 Å². The number of hydrogen-bond donors (Lipinski definition) is 1. The zero-order chi connectivity index (χ0) is 13.7. The van der Waals surface area contributed by atoms with Gasteiger partial charge in [0.25, 0.3) is 5.91 Å². The van der Waals surface area contributed by atoms with Crippen molar-refractivity contribution in [2.24, 2.45) is 5.73 Å². The number of amides is 1. The van der Waals surface area contributed by atoms with Crippen LogP contribution in [0.3, 0.4) is 0 Å². The molecular weight excluding hydrogens is 228 g/mol. The molecule has 0 aliphatic carbocycles. The van der Waals surface area contributed by atoms with Crippen molar-refractivity contribution in [3.8, 4) is 5.75 Å². The van der Waals surface area contributed by atoms with Gasteiger partial charge >= 0.3 is 0 Å². The molecule has 100 valence electrons. The van der Waals surface area contributed by atoms with Gasteiger partial charge in [-0.05, 0) is 31.0 Å². The molecule has 0 aromatic heterocycles. The van der Waals surface area contributed by atoms with Gasteiger partial charge in [0.05, 0.1) is 0 Å². The summed E-state index contributed by atoms with van der Waals surface area (Å²) < 4.78 is 5.57. The van der Waals surface area contributed by atoms with Gasteiger partial charge in [0.1, 0.15) is 5.75 Å². The zero-order valence-corrected chi connectivity index (χ0v) is 11.5. The standard InChI is InChI=1S/C14H22N2O2/c1-5-13(15)11-6-8-12(9-7-11)18-10(2)14(17)16(3)4/h6-10,13H,5,15H2,1-4H3/t10?,13-/m0/s1. The first-order valence-electron chi connectivity index (χ1n) is 6.19. The molecule has 0 bridgehead atoms. The minimum absolute atomic E-state index is 0.0515. The summed E-state index contributed by atoms with van der Waals surface area (Å²) in [4.78, 5) is 13.2. The molecule has 4 nitrogen and oxygen atoms in total. The summed E-state index contributed by atoms with van der Waals surface area (Å²) in [5.41, 5.74) is 7.01. The van der Waals surface area contributed by atoms with Crippen LogP contribution in [0, 0.1) is 0 Å². The molecule has 1 rings (SSSR count). The van der Waals surface area contributed by atoms with Crippen molar-refractivity contribution in [3.63, 3.8) is 0 Å². The molecule has 0 radical (unpaired) electrons. The smallest absolute Gasteiger partial charge is 0.262 e. The van der Waals surface area contributed by atoms with Gasteiger partial charge in [0, 0.05) is 20.1 Å². The Morgan fingerprint density at radius 1 is 1.33 bits per heavy atom. The number of likely N-dealkylation sites (N-methyl/N-ethyl adjacent to an activating group) is 1. The Hall–Kier alpha value is -1.55. The van der Waals surface area contributed by atoms with E-state index >= 15 is 0 Å². The lowest BCUT2D eigenvalue weighted by Crippen LogP contribution is -2.35. The molecule has 1 aromatic carbocycles. The Morgan fingerprint density at radius 3 is 2.33 bits per heavy atom. The molecule has 0 saturated heterocycles. The summed E-state index contributed by atoms with van der Waals surface area (Å²) in [6.45, 7) is 3.79. The van der Waals surface area contributed by atoms with Gasteiger partial charge in [0.2, 0.25) is 0 Å². The molecular formula is C14H22N2O2. The Morgan fingerprint density at radius 2 is 1.89 bits per heavy atom. The second kappa shape index (κ2) is 6.40. The van der Waals surface area contributed by atoms with E-state index in [-0.39, 0.29) is 11.9 Å². The van der Waals surface area contributed by atoms with Crippen LogP contribution < -0.4 is 10.5 Å². The van der Waals surface area contributed by atoms with Crippen molar-refractivity contribution in [3.05, 3.63) is 29.8 Å². The van der Waals surface area contributed by atoms with Gasteiger partial charge in [-0.1, -0.05) is 19.1 Å². The van der Waals surface area contributed by atoms with Gasteiger partial charge in [-0.2, -0.15) is 0 Å². The van der Waals surface area contributed by atoms with Crippen molar-refractivity contribution in [1.82, 2.24) is 4.90 Å². The zero-order valence-electron chi connectivity index (χ0n) is 11.5. The predicted octanol–water partition coefficient (Wildman–Crippen LogP) is 1.95. The molecule has 0 saturated carbocycles. The Bertz CT molecular complexity index is 387. The highest BCUT2D eigenvalue weighted by Crippen LogP contribution is 2.19. The first kappa shape index (κ1) is 14.5. The van der Waals surface area contributed by atoms with E-state index in [0.29, 0.717) is 5.75 Å². The highest BCUT2D eigenvalue weighted by atomic mass is 16.5. The van der Waals surface area contributed by atoms with Crippen LogP contribution in [0.25, 0.3) is 0 Å². The number of carbonyl (C=O) groups excluding carboxylic acids is 1. The molecule has 0 spiro atoms. The Balaban J connectivity index is 2.66. The van der Waals surface area contributed by atoms with E-state index in [1.54, 1.807) is 21.0 Å². The van der Waals surface area contributed by atoms with Crippen LogP contribution in [0.2, 0.25) is 0 Å². The monoisotopic (exact) mass is 250 g/mol. The third kappa shape index (κ3) is 3.74. The van der Waals surface area contributed by atoms with E-state index < -0.39 is 6.10 Å². The normalized spacial score (nSPS) is 13.8. The second-order valence-electron chi connectivity index (χ2n) is 4.58. The van der Waals surface area contributed by atoms with Gasteiger partial charge in [-0.3, -0.25) is 4.79 Å². The topological polar surface area (TPSA) is 55.6 Å². The molecule has 1 amide bonds. The highest BCUT2D eigenvalue weighted by molar-refractivity contribution is 5.80. The number of ether oxygens (including phenoxy) is 1. The Kier molecular flexibility index (Phi) is 5.16. The first-order chi connectivity index (χ1) is 8.45. The van der Waals surface area contributed by atoms with E-state index in [4.69, 9.17) is 10.5 Å². The minimum Gasteiger partial charge on any atom is -0.481 e. The maximum Gasteiger partial charge on any atom is 0.262 e. The Labute approximate surface area is 109 Å². The summed E-state index contributed by atoms with van der Waals surface area (Å²) in [7, 11) is 3.43. The average Bonchev–Trinajstić information content (AvgIpc) is 2.37. The van der Waals surface area contributed by atoms with E-state index in [9.17, 15) is 4.79 Å². The molecule has 2 atom stereocenters. The van der Waals surface area contributed by atoms with E-state index in [0.717, 1.165) is 12.0 Å². The van der Waals surface area contributed by atoms with Crippen LogP contribution in [0.4, 0.5) is 0 Å². The summed E-state index contributed by atoms with van der Waals surface area (Å²) in [5.74, 6) is 0.633. The number of nitrogens with two attached hydrogens (primary N) is 1. The number of nitrogens with zero attached hydrogens (tertiary/aromatic N) is 1. The number of carbonyl (C=O) groups is 1. The second-order valence-corrected chi connectivity index (χ2v) is 4.58. The van der Waals surface area contributed by atoms with Crippen LogP contribution in [0.5, 0.6) is 5.75 Å². The van der Waals surface area contributed by atoms with Crippen LogP contribution in [-0.2, 0) is 4.79 Å². The van der Waals surface area contributed by atoms with Gasteiger partial charge in [-0.15, -0.1) is 0 Å². The lowest BCUT2D eigenvalue weighted by Gasteiger charge is -2.18. The van der Waals surface area contributed by atoms with Gasteiger partial charge < -0.3 is 15.4 Å². The minimum atomic E-state index is -0.481. The third-order valence-electron chi connectivity index (χ3n) is 2.85. The van der Waals surface area contributed by atoms with Gasteiger partial charge in [0.15, 0.2) is 6.10 Å². The van der Waals surface area contributed by atoms with Crippen LogP contribution >= 0.6 is 0 Å². The van der Waals surface area contributed by atoms with Gasteiger partial charge in [-0.25, -0.2) is 0 Å². The SMILES string of the molecule is CC[C@H](N)c1ccc(OC(C)C(=O)N(C)C)cc1. The molecule has 2 N–H and O–H groups in total. The average molecular weight is 250 g/mol. The van der Waals surface area contributed by atoms with Crippen molar-refractivity contribution in [2.45, 2.75) is 32.4 Å². The molecule has 0 fully saturated rings. The number of hydrogen-bond acceptors (Lipinski definition) is 3. The lowest BCUT2D eigenvalue weighted by atomic mass is 10.1. The highest BCUT2D eigenvalue weighted by Gasteiger charge is 2.16. The quantitative estimate of drug-likeness (QED) is 0.869. The molecule has 0 heterocycles. The molecule has 0 aliphatic heterocycles. The summed E-state index contributed by atoms with van der Waals surface area (Å²) in [6, 6.07) is 7.64. The summed E-state index contributed by atoms with van der Waals surface area (Å²) >= 11 is 0. The molecule has 4 heteroatoms. The fraction of sp³-hybridized carbons (Fsp3) is 0.500. The fourth-order valence-corrected chi connectivity index (χ4v) is 1.65. The van der Waals surface area contributed by atoms with Crippen molar-refractivity contribution in [2.75, 3.05) is 14.1 Å². The van der Waals surface area contributed by atoms with Crippen LogP contribution in [-0.4, -0.2) is 31.0 Å². The molecule has 0 aliphatic rings. The van der Waals surface area contributed by atoms with E-state index in [2.05, 4.69) is 0 Å². The maximum atomic E-state index is 11.6. The van der Waals surface area contributed by atoms with Crippen molar-refractivity contribution in [1.29, 1.82) is 0 Å². The third-order valence-corrected chi connectivity index (χ3v) is 2.85. The summed E-state index contributed by atoms with van der Waals surface area (Å²) in [6.07, 6.45) is 0.418. The molecule has 1 unspecified atom stereocenters. The molecule has 18 heavy (non-hydrogen) atoms. The van der Waals surface area contributed by atoms with Crippen molar-refractivity contribution < 1.29 is 9.53 Å². The van der Waals surface area contributed by atoms with Crippen LogP contribution in [0.15, 0.2) is 24.3 Å². The fourth-order valence-electron chi connectivity index (χ4n) is 1.65. The van der Waals surface area contributed by atoms with E-state index in [1.807, 2.05) is 31.2 Å². The number of benzene rings is 1. The molecule has 1 aromatic rings. The first-order valence-corrected chi connectivity index (χ1v) is 6.19. The summed E-state index contributed by atoms with van der Waals surface area (Å²) in [5, 5.41) is 0. The van der Waals surface area contributed by atoms with Crippen molar-refractivity contribution >= 4 is 5.91 Å². The maximum absolute atomic E-state index is 11.6. The van der Waals surface area contributed by atoms with E-state index in [1.165, 1.54) is 4.90 Å². The number of rotatable bonds is 5. The lowest BCUT2D eigenvalue weighted by molar-refractivity contribution is -0.135.